The molecule has 1 fully saturated rings. The number of hydrogen-bond acceptors (Lipinski definition) is 5. The maximum absolute atomic E-state index is 12.4. The van der Waals surface area contributed by atoms with Gasteiger partial charge in [-0.05, 0) is 23.8 Å². The fourth-order valence-electron chi connectivity index (χ4n) is 2.87. The van der Waals surface area contributed by atoms with Gasteiger partial charge < -0.3 is 9.64 Å². The highest BCUT2D eigenvalue weighted by Crippen LogP contribution is 2.39. The third kappa shape index (κ3) is 2.83. The van der Waals surface area contributed by atoms with Gasteiger partial charge in [0.1, 0.15) is 5.75 Å². The summed E-state index contributed by atoms with van der Waals surface area (Å²) < 4.78 is 5.95. The molecule has 0 aromatic heterocycles. The molecular weight excluding hydrogens is 300 g/mol. The highest BCUT2D eigenvalue weighted by molar-refractivity contribution is 6.01. The van der Waals surface area contributed by atoms with E-state index >= 15 is 0 Å². The van der Waals surface area contributed by atoms with Crippen molar-refractivity contribution in [2.45, 2.75) is 18.9 Å². The van der Waals surface area contributed by atoms with Crippen LogP contribution in [0.2, 0.25) is 0 Å². The van der Waals surface area contributed by atoms with E-state index < -0.39 is 11.5 Å². The van der Waals surface area contributed by atoms with Crippen molar-refractivity contribution >= 4 is 23.7 Å². The van der Waals surface area contributed by atoms with Crippen molar-refractivity contribution in [3.63, 3.8) is 0 Å². The molecule has 7 heteroatoms. The standard InChI is InChI=1S/C16H16N2O5/c1-10(19)18-8-16(9-18)7-13(20)12-6-11(2-4-14(12)23-16)3-5-15(21)17-22/h2-6,22H,7-9H2,1H3,(H,17,21). The van der Waals surface area contributed by atoms with Crippen LogP contribution in [0.3, 0.4) is 0 Å². The van der Waals surface area contributed by atoms with E-state index in [9.17, 15) is 14.4 Å². The van der Waals surface area contributed by atoms with Crippen LogP contribution in [0.15, 0.2) is 24.3 Å². The molecule has 120 valence electrons. The Bertz CT molecular complexity index is 719. The maximum atomic E-state index is 12.4. The third-order valence-electron chi connectivity index (χ3n) is 4.05. The number of fused-ring (bicyclic) bond motifs is 1. The first kappa shape index (κ1) is 15.2. The smallest absolute Gasteiger partial charge is 0.267 e. The van der Waals surface area contributed by atoms with Gasteiger partial charge in [0.15, 0.2) is 11.4 Å². The Balaban J connectivity index is 1.79. The second-order valence-electron chi connectivity index (χ2n) is 5.83. The largest absolute Gasteiger partial charge is 0.482 e. The number of ether oxygens (including phenoxy) is 1. The van der Waals surface area contributed by atoms with Crippen LogP contribution in [0.5, 0.6) is 5.75 Å². The lowest BCUT2D eigenvalue weighted by atomic mass is 9.83. The van der Waals surface area contributed by atoms with Gasteiger partial charge >= 0.3 is 0 Å². The number of Topliss-reactive ketones (excluding diaryl/α,β-unsaturated/α-hetero) is 1. The SMILES string of the molecule is CC(=O)N1CC2(CC(=O)c3cc(C=CC(=O)NO)ccc3O2)C1. The second-order valence-corrected chi connectivity index (χ2v) is 5.83. The van der Waals surface area contributed by atoms with Gasteiger partial charge in [-0.15, -0.1) is 0 Å². The number of nitrogens with zero attached hydrogens (tertiary/aromatic N) is 1. The zero-order valence-corrected chi connectivity index (χ0v) is 12.5. The summed E-state index contributed by atoms with van der Waals surface area (Å²) in [4.78, 5) is 36.3. The summed E-state index contributed by atoms with van der Waals surface area (Å²) in [5, 5.41) is 8.45. The molecule has 2 amide bonds. The second kappa shape index (κ2) is 5.51. The number of rotatable bonds is 2. The Morgan fingerprint density at radius 3 is 2.78 bits per heavy atom. The van der Waals surface area contributed by atoms with E-state index in [1.807, 2.05) is 0 Å². The minimum absolute atomic E-state index is 0.0277. The molecular formula is C16H16N2O5. The molecule has 2 N–H and O–H groups in total. The highest BCUT2D eigenvalue weighted by atomic mass is 16.5. The van der Waals surface area contributed by atoms with Crippen LogP contribution in [0.4, 0.5) is 0 Å². The Labute approximate surface area is 132 Å². The fraction of sp³-hybridized carbons (Fsp3) is 0.312. The monoisotopic (exact) mass is 316 g/mol. The number of ketones is 1. The van der Waals surface area contributed by atoms with Crippen molar-refractivity contribution in [1.82, 2.24) is 10.4 Å². The topological polar surface area (TPSA) is 95.9 Å². The molecule has 1 saturated heterocycles. The van der Waals surface area contributed by atoms with Crippen molar-refractivity contribution in [3.8, 4) is 5.75 Å². The summed E-state index contributed by atoms with van der Waals surface area (Å²) in [6.07, 6.45) is 2.88. The van der Waals surface area contributed by atoms with Gasteiger partial charge in [-0.3, -0.25) is 19.6 Å². The molecule has 2 aliphatic heterocycles. The van der Waals surface area contributed by atoms with Gasteiger partial charge in [0.2, 0.25) is 5.91 Å². The summed E-state index contributed by atoms with van der Waals surface area (Å²) >= 11 is 0. The predicted molar refractivity (Wildman–Crippen MR) is 80.0 cm³/mol. The number of amides is 2. The first-order chi connectivity index (χ1) is 10.9. The van der Waals surface area contributed by atoms with Gasteiger partial charge in [0, 0.05) is 13.0 Å². The van der Waals surface area contributed by atoms with E-state index in [0.29, 0.717) is 30.0 Å². The van der Waals surface area contributed by atoms with Crippen LogP contribution in [0, 0.1) is 0 Å². The quantitative estimate of drug-likeness (QED) is 0.477. The number of carbonyl (C=O) groups is 3. The van der Waals surface area contributed by atoms with Crippen LogP contribution in [-0.2, 0) is 9.59 Å². The molecule has 1 aromatic carbocycles. The van der Waals surface area contributed by atoms with Crippen molar-refractivity contribution in [1.29, 1.82) is 0 Å². The Kier molecular flexibility index (Phi) is 3.65. The number of nitrogens with one attached hydrogen (secondary N) is 1. The average molecular weight is 316 g/mol. The maximum Gasteiger partial charge on any atom is 0.267 e. The first-order valence-corrected chi connectivity index (χ1v) is 7.16. The zero-order chi connectivity index (χ0) is 16.6. The van der Waals surface area contributed by atoms with Crippen molar-refractivity contribution < 1.29 is 24.3 Å². The Hall–Kier alpha value is -2.67. The van der Waals surface area contributed by atoms with Crippen LogP contribution in [0.1, 0.15) is 29.3 Å². The van der Waals surface area contributed by atoms with Crippen molar-refractivity contribution in [3.05, 3.63) is 35.4 Å². The molecule has 0 atom stereocenters. The zero-order valence-electron chi connectivity index (χ0n) is 12.5. The van der Waals surface area contributed by atoms with E-state index in [0.717, 1.165) is 6.08 Å². The molecule has 2 heterocycles. The lowest BCUT2D eigenvalue weighted by Crippen LogP contribution is -2.67. The molecule has 2 aliphatic rings. The van der Waals surface area contributed by atoms with Gasteiger partial charge in [0.05, 0.1) is 25.1 Å². The predicted octanol–water partition coefficient (Wildman–Crippen LogP) is 0.771. The number of hydrogen-bond donors (Lipinski definition) is 2. The summed E-state index contributed by atoms with van der Waals surface area (Å²) in [6, 6.07) is 5.04. The van der Waals surface area contributed by atoms with Gasteiger partial charge in [0.25, 0.3) is 5.91 Å². The van der Waals surface area contributed by atoms with Crippen LogP contribution >= 0.6 is 0 Å². The van der Waals surface area contributed by atoms with E-state index in [1.165, 1.54) is 18.5 Å². The lowest BCUT2D eigenvalue weighted by Gasteiger charge is -2.50. The van der Waals surface area contributed by atoms with E-state index in [4.69, 9.17) is 9.94 Å². The summed E-state index contributed by atoms with van der Waals surface area (Å²) in [5.41, 5.74) is 2.00. The van der Waals surface area contributed by atoms with E-state index in [2.05, 4.69) is 0 Å². The summed E-state index contributed by atoms with van der Waals surface area (Å²) in [6.45, 7) is 2.34. The van der Waals surface area contributed by atoms with Gasteiger partial charge in [-0.2, -0.15) is 0 Å². The average Bonchev–Trinajstić information content (AvgIpc) is 2.50. The van der Waals surface area contributed by atoms with Crippen LogP contribution in [0.25, 0.3) is 6.08 Å². The molecule has 1 spiro atoms. The van der Waals surface area contributed by atoms with Crippen LogP contribution in [-0.4, -0.2) is 46.4 Å². The molecule has 0 bridgehead atoms. The van der Waals surface area contributed by atoms with E-state index in [1.54, 1.807) is 23.1 Å². The molecule has 3 rings (SSSR count). The minimum atomic E-state index is -0.650. The van der Waals surface area contributed by atoms with Crippen molar-refractivity contribution in [2.24, 2.45) is 0 Å². The fourth-order valence-corrected chi connectivity index (χ4v) is 2.87. The number of likely N-dealkylation sites (tertiary alicyclic amines) is 1. The molecule has 0 radical (unpaired) electrons. The molecule has 0 aliphatic carbocycles. The number of benzene rings is 1. The Morgan fingerprint density at radius 1 is 1.39 bits per heavy atom. The minimum Gasteiger partial charge on any atom is -0.482 e. The van der Waals surface area contributed by atoms with Gasteiger partial charge in [-0.1, -0.05) is 6.07 Å². The number of hydroxylamine groups is 1. The van der Waals surface area contributed by atoms with E-state index in [-0.39, 0.29) is 18.1 Å². The number of carbonyl (C=O) groups excluding carboxylic acids is 3. The molecule has 0 unspecified atom stereocenters. The molecule has 1 aromatic rings. The van der Waals surface area contributed by atoms with Gasteiger partial charge in [-0.25, -0.2) is 5.48 Å². The molecule has 7 nitrogen and oxygen atoms in total. The third-order valence-corrected chi connectivity index (χ3v) is 4.05. The molecule has 0 saturated carbocycles. The van der Waals surface area contributed by atoms with Crippen molar-refractivity contribution in [2.75, 3.05) is 13.1 Å². The Morgan fingerprint density at radius 2 is 2.13 bits per heavy atom. The lowest BCUT2D eigenvalue weighted by molar-refractivity contribution is -0.148. The summed E-state index contributed by atoms with van der Waals surface area (Å²) in [5.74, 6) is -0.229. The van der Waals surface area contributed by atoms with Crippen LogP contribution < -0.4 is 10.2 Å². The first-order valence-electron chi connectivity index (χ1n) is 7.16. The highest BCUT2D eigenvalue weighted by Gasteiger charge is 2.50. The normalized spacial score (nSPS) is 18.3. The molecule has 23 heavy (non-hydrogen) atoms. The summed E-state index contributed by atoms with van der Waals surface area (Å²) in [7, 11) is 0.